The lowest BCUT2D eigenvalue weighted by molar-refractivity contribution is -0.112. The highest BCUT2D eigenvalue weighted by molar-refractivity contribution is 9.10. The number of aryl methyl sites for hydroxylation is 1. The van der Waals surface area contributed by atoms with Gasteiger partial charge in [0.05, 0.1) is 11.1 Å². The Morgan fingerprint density at radius 3 is 2.55 bits per heavy atom. The molecule has 0 aliphatic carbocycles. The second kappa shape index (κ2) is 10.9. The second-order valence-electron chi connectivity index (χ2n) is 5.93. The third kappa shape index (κ3) is 6.14. The van der Waals surface area contributed by atoms with Gasteiger partial charge in [-0.1, -0.05) is 25.0 Å². The average molecular weight is 453 g/mol. The summed E-state index contributed by atoms with van der Waals surface area (Å²) in [7, 11) is 0. The van der Waals surface area contributed by atoms with Crippen molar-refractivity contribution in [1.82, 2.24) is 0 Å². The zero-order chi connectivity index (χ0) is 21.2. The number of anilines is 1. The molecule has 6 heteroatoms. The Bertz CT molecular complexity index is 983. The Labute approximate surface area is 179 Å². The van der Waals surface area contributed by atoms with Crippen molar-refractivity contribution in [1.29, 1.82) is 5.26 Å². The molecular formula is C23H21BrN2O3. The molecule has 2 aromatic rings. The summed E-state index contributed by atoms with van der Waals surface area (Å²) >= 11 is 3.43. The molecule has 29 heavy (non-hydrogen) atoms. The molecule has 0 aliphatic rings. The second-order valence-corrected chi connectivity index (χ2v) is 6.78. The fraction of sp³-hybridized carbons (Fsp3) is 0.217. The van der Waals surface area contributed by atoms with Crippen LogP contribution in [0, 0.1) is 23.7 Å². The van der Waals surface area contributed by atoms with Crippen LogP contribution in [0.2, 0.25) is 0 Å². The van der Waals surface area contributed by atoms with Gasteiger partial charge in [-0.3, -0.25) is 4.79 Å². The number of terminal acetylenes is 1. The smallest absolute Gasteiger partial charge is 0.266 e. The molecule has 0 radical (unpaired) electrons. The Morgan fingerprint density at radius 1 is 1.24 bits per heavy atom. The van der Waals surface area contributed by atoms with Crippen molar-refractivity contribution >= 4 is 33.6 Å². The largest absolute Gasteiger partial charge is 0.490 e. The minimum Gasteiger partial charge on any atom is -0.490 e. The molecule has 2 aromatic carbocycles. The van der Waals surface area contributed by atoms with E-state index >= 15 is 0 Å². The van der Waals surface area contributed by atoms with Gasteiger partial charge < -0.3 is 14.8 Å². The van der Waals surface area contributed by atoms with Gasteiger partial charge in [0.25, 0.3) is 5.91 Å². The van der Waals surface area contributed by atoms with Gasteiger partial charge >= 0.3 is 0 Å². The Morgan fingerprint density at radius 2 is 1.97 bits per heavy atom. The van der Waals surface area contributed by atoms with Crippen molar-refractivity contribution in [2.45, 2.75) is 20.3 Å². The van der Waals surface area contributed by atoms with Gasteiger partial charge in [-0.15, -0.1) is 6.42 Å². The van der Waals surface area contributed by atoms with Crippen molar-refractivity contribution < 1.29 is 14.3 Å². The molecule has 0 saturated carbocycles. The number of halogens is 1. The normalized spacial score (nSPS) is 10.6. The lowest BCUT2D eigenvalue weighted by atomic mass is 10.1. The van der Waals surface area contributed by atoms with Crippen LogP contribution in [0.3, 0.4) is 0 Å². The first-order valence-electron chi connectivity index (χ1n) is 9.07. The highest BCUT2D eigenvalue weighted by atomic mass is 79.9. The molecule has 0 atom stereocenters. The van der Waals surface area contributed by atoms with Gasteiger partial charge in [0.2, 0.25) is 0 Å². The van der Waals surface area contributed by atoms with Gasteiger partial charge in [0, 0.05) is 5.69 Å². The molecule has 0 aromatic heterocycles. The topological polar surface area (TPSA) is 71.3 Å². The number of nitrogens with zero attached hydrogens (tertiary/aromatic N) is 1. The Hall–Kier alpha value is -3.22. The number of nitrogens with one attached hydrogen (secondary N) is 1. The summed E-state index contributed by atoms with van der Waals surface area (Å²) in [5.41, 5.74) is 2.37. The highest BCUT2D eigenvalue weighted by Crippen LogP contribution is 2.37. The zero-order valence-corrected chi connectivity index (χ0v) is 17.9. The van der Waals surface area contributed by atoms with Crippen molar-refractivity contribution in [2.75, 3.05) is 18.5 Å². The maximum Gasteiger partial charge on any atom is 0.266 e. The van der Waals surface area contributed by atoms with Crippen LogP contribution in [0.15, 0.2) is 46.4 Å². The van der Waals surface area contributed by atoms with E-state index in [4.69, 9.17) is 15.9 Å². The molecule has 0 spiro atoms. The van der Waals surface area contributed by atoms with E-state index in [0.29, 0.717) is 33.8 Å². The van der Waals surface area contributed by atoms with Gasteiger partial charge in [-0.25, -0.2) is 0 Å². The minimum absolute atomic E-state index is 0.0313. The molecule has 0 fully saturated rings. The van der Waals surface area contributed by atoms with Crippen molar-refractivity contribution in [2.24, 2.45) is 0 Å². The number of hydrogen-bond acceptors (Lipinski definition) is 4. The summed E-state index contributed by atoms with van der Waals surface area (Å²) in [4.78, 5) is 12.5. The van der Waals surface area contributed by atoms with E-state index in [1.54, 1.807) is 12.1 Å². The van der Waals surface area contributed by atoms with Crippen LogP contribution in [0.5, 0.6) is 11.5 Å². The van der Waals surface area contributed by atoms with Crippen LogP contribution >= 0.6 is 15.9 Å². The number of benzene rings is 2. The number of carbonyl (C=O) groups excluding carboxylic acids is 1. The fourth-order valence-corrected chi connectivity index (χ4v) is 3.10. The van der Waals surface area contributed by atoms with E-state index in [9.17, 15) is 10.1 Å². The first-order chi connectivity index (χ1) is 14.0. The third-order valence-corrected chi connectivity index (χ3v) is 4.52. The standard InChI is InChI=1S/C23H21BrN2O3/c1-4-11-29-22-20(24)13-17(14-21(22)28-6-3)12-18(15-25)23(27)26-19-9-7-16(5-2)8-10-19/h1,7-10,12-14H,5-6,11H2,2-3H3,(H,26,27)/b18-12+. The molecule has 148 valence electrons. The van der Waals surface area contributed by atoms with Crippen LogP contribution < -0.4 is 14.8 Å². The first kappa shape index (κ1) is 22.1. The van der Waals surface area contributed by atoms with Crippen LogP contribution in [0.1, 0.15) is 25.0 Å². The van der Waals surface area contributed by atoms with E-state index in [-0.39, 0.29) is 12.2 Å². The molecule has 0 unspecified atom stereocenters. The molecule has 0 saturated heterocycles. The number of nitriles is 1. The molecule has 5 nitrogen and oxygen atoms in total. The van der Waals surface area contributed by atoms with Crippen molar-refractivity contribution in [3.05, 3.63) is 57.6 Å². The Balaban J connectivity index is 2.29. The summed E-state index contributed by atoms with van der Waals surface area (Å²) in [6.07, 6.45) is 7.66. The third-order valence-electron chi connectivity index (χ3n) is 3.93. The van der Waals surface area contributed by atoms with Gasteiger partial charge in [-0.2, -0.15) is 5.26 Å². The monoisotopic (exact) mass is 452 g/mol. The number of carbonyl (C=O) groups is 1. The number of rotatable bonds is 8. The maximum atomic E-state index is 12.5. The number of amides is 1. The average Bonchev–Trinajstić information content (AvgIpc) is 2.72. The van der Waals surface area contributed by atoms with Gasteiger partial charge in [0.1, 0.15) is 18.2 Å². The SMILES string of the molecule is C#CCOc1c(Br)cc(/C=C(\C#N)C(=O)Nc2ccc(CC)cc2)cc1OCC. The summed E-state index contributed by atoms with van der Waals surface area (Å²) in [6.45, 7) is 4.42. The summed E-state index contributed by atoms with van der Waals surface area (Å²) in [5, 5.41) is 12.2. The van der Waals surface area contributed by atoms with Crippen LogP contribution in [-0.2, 0) is 11.2 Å². The summed E-state index contributed by atoms with van der Waals surface area (Å²) < 4.78 is 11.7. The quantitative estimate of drug-likeness (QED) is 0.348. The van der Waals surface area contributed by atoms with Gasteiger partial charge in [-0.05, 0) is 70.7 Å². The number of ether oxygens (including phenoxy) is 2. The molecule has 0 heterocycles. The fourth-order valence-electron chi connectivity index (χ4n) is 2.53. The van der Waals surface area contributed by atoms with E-state index in [2.05, 4.69) is 34.1 Å². The minimum atomic E-state index is -0.488. The van der Waals surface area contributed by atoms with E-state index in [1.807, 2.05) is 37.3 Å². The highest BCUT2D eigenvalue weighted by Gasteiger charge is 2.14. The predicted octanol–water partition coefficient (Wildman–Crippen LogP) is 4.97. The van der Waals surface area contributed by atoms with E-state index in [1.165, 1.54) is 11.6 Å². The maximum absolute atomic E-state index is 12.5. The lowest BCUT2D eigenvalue weighted by Gasteiger charge is -2.13. The summed E-state index contributed by atoms with van der Waals surface area (Å²) in [6, 6.07) is 12.9. The van der Waals surface area contributed by atoms with E-state index < -0.39 is 5.91 Å². The van der Waals surface area contributed by atoms with Crippen LogP contribution in [0.4, 0.5) is 5.69 Å². The first-order valence-corrected chi connectivity index (χ1v) is 9.86. The van der Waals surface area contributed by atoms with Crippen molar-refractivity contribution in [3.63, 3.8) is 0 Å². The zero-order valence-electron chi connectivity index (χ0n) is 16.3. The predicted molar refractivity (Wildman–Crippen MR) is 118 cm³/mol. The summed E-state index contributed by atoms with van der Waals surface area (Å²) in [5.74, 6) is 2.86. The van der Waals surface area contributed by atoms with Crippen LogP contribution in [0.25, 0.3) is 6.08 Å². The van der Waals surface area contributed by atoms with Gasteiger partial charge in [0.15, 0.2) is 11.5 Å². The molecule has 0 bridgehead atoms. The van der Waals surface area contributed by atoms with Crippen molar-refractivity contribution in [3.8, 4) is 29.9 Å². The molecule has 0 aliphatic heterocycles. The molecule has 1 amide bonds. The molecule has 1 N–H and O–H groups in total. The lowest BCUT2D eigenvalue weighted by Crippen LogP contribution is -2.13. The number of hydrogen-bond donors (Lipinski definition) is 1. The Kier molecular flexibility index (Phi) is 8.33. The van der Waals surface area contributed by atoms with Crippen LogP contribution in [-0.4, -0.2) is 19.1 Å². The molecule has 2 rings (SSSR count). The van der Waals surface area contributed by atoms with E-state index in [0.717, 1.165) is 6.42 Å². The molecular weight excluding hydrogens is 432 g/mol.